The summed E-state index contributed by atoms with van der Waals surface area (Å²) >= 11 is 3.93. The summed E-state index contributed by atoms with van der Waals surface area (Å²) in [5.41, 5.74) is 5.32. The molecular weight excluding hydrogens is 568 g/mol. The molecule has 0 N–H and O–H groups in total. The van der Waals surface area contributed by atoms with Crippen LogP contribution < -0.4 is 20.7 Å². The van der Waals surface area contributed by atoms with Gasteiger partial charge in [0.2, 0.25) is 0 Å². The average molecular weight is 604 g/mol. The first-order valence-electron chi connectivity index (χ1n) is 14.0. The highest BCUT2D eigenvalue weighted by molar-refractivity contribution is 9.10. The second kappa shape index (κ2) is 11.7. The number of halogens is 1. The monoisotopic (exact) mass is 602 g/mol. The first kappa shape index (κ1) is 26.9. The Labute approximate surface area is 248 Å². The number of hydrogen-bond donors (Lipinski definition) is 0. The first-order valence-corrected chi connectivity index (χ1v) is 16.8. The topological polar surface area (TPSA) is 6.48 Å². The summed E-state index contributed by atoms with van der Waals surface area (Å²) in [6.07, 6.45) is 0. The molecule has 3 heterocycles. The molecule has 8 rings (SSSR count). The molecule has 40 heavy (non-hydrogen) atoms. The molecule has 0 unspecified atom stereocenters. The lowest BCUT2D eigenvalue weighted by atomic mass is 10.1. The lowest BCUT2D eigenvalue weighted by Gasteiger charge is -2.35. The van der Waals surface area contributed by atoms with Gasteiger partial charge in [-0.1, -0.05) is 143 Å². The van der Waals surface area contributed by atoms with Crippen molar-refractivity contribution in [1.29, 1.82) is 0 Å². The molecule has 2 nitrogen and oxygen atoms in total. The van der Waals surface area contributed by atoms with Gasteiger partial charge < -0.3 is 0 Å². The average Bonchev–Trinajstić information content (AvgIpc) is 2.98. The fraction of sp³-hybridized carbons (Fsp3) is 0.167. The van der Waals surface area contributed by atoms with Crippen molar-refractivity contribution in [2.24, 2.45) is 0 Å². The number of fused-ring (bicyclic) bond motifs is 2. The Kier molecular flexibility index (Phi) is 7.86. The highest BCUT2D eigenvalue weighted by Gasteiger charge is 2.41. The van der Waals surface area contributed by atoms with Crippen LogP contribution in [0.25, 0.3) is 0 Å². The van der Waals surface area contributed by atoms with Gasteiger partial charge in [-0.25, -0.2) is 0 Å². The van der Waals surface area contributed by atoms with Gasteiger partial charge in [-0.2, -0.15) is 0 Å². The third-order valence-electron chi connectivity index (χ3n) is 8.13. The number of rotatable bonds is 2. The van der Waals surface area contributed by atoms with Crippen LogP contribution >= 0.6 is 15.9 Å². The van der Waals surface area contributed by atoms with E-state index in [-0.39, 0.29) is 0 Å². The maximum absolute atomic E-state index is 3.93. The summed E-state index contributed by atoms with van der Waals surface area (Å²) in [4.78, 5) is 4.81. The highest BCUT2D eigenvalue weighted by Crippen LogP contribution is 2.25. The van der Waals surface area contributed by atoms with Gasteiger partial charge >= 0.3 is 0 Å². The molecule has 3 aliphatic heterocycles. The number of hydrogen-bond acceptors (Lipinski definition) is 2. The van der Waals surface area contributed by atoms with Crippen LogP contribution in [0, 0.1) is 0 Å². The Hall–Kier alpha value is -3.28. The standard InChI is InChI=1S/C36H35BrN2Si/c1-38-24-28-16-20-34(21-17-28)40(32-12-5-3-6-13-32,33-14-7-4-8-15-33)35-22-18-29(19-23-35)25-39(2)27-31-11-9-10-30(26-38)36(31)37/h3-23H,24-27H2,1-2H3. The van der Waals surface area contributed by atoms with Crippen LogP contribution in [-0.2, 0) is 26.2 Å². The maximum Gasteiger partial charge on any atom is 0.179 e. The van der Waals surface area contributed by atoms with Crippen molar-refractivity contribution in [3.63, 3.8) is 0 Å². The van der Waals surface area contributed by atoms with E-state index < -0.39 is 8.07 Å². The van der Waals surface area contributed by atoms with Crippen molar-refractivity contribution in [3.8, 4) is 0 Å². The van der Waals surface area contributed by atoms with Gasteiger partial charge in [0, 0.05) is 30.7 Å². The lowest BCUT2D eigenvalue weighted by molar-refractivity contribution is 0.312. The quantitative estimate of drug-likeness (QED) is 0.249. The SMILES string of the molecule is CN1Cc2ccc(cc2)[Si](c2ccccc2)(c2ccccc2)c2ccc(cc2)CN(C)Cc2cccc(c2Br)C1. The fourth-order valence-corrected chi connectivity index (χ4v) is 11.5. The molecule has 4 heteroatoms. The Morgan fingerprint density at radius 3 is 1.23 bits per heavy atom. The van der Waals surface area contributed by atoms with Crippen molar-refractivity contribution in [3.05, 3.63) is 154 Å². The van der Waals surface area contributed by atoms with Crippen molar-refractivity contribution in [2.45, 2.75) is 26.2 Å². The summed E-state index contributed by atoms with van der Waals surface area (Å²) < 4.78 is 1.22. The molecule has 0 spiro atoms. The second-order valence-corrected chi connectivity index (χ2v) is 15.7. The van der Waals surface area contributed by atoms with E-state index in [0.29, 0.717) is 0 Å². The molecule has 3 aliphatic rings. The smallest absolute Gasteiger partial charge is 0.179 e. The van der Waals surface area contributed by atoms with E-state index in [1.54, 1.807) is 0 Å². The van der Waals surface area contributed by atoms with E-state index in [4.69, 9.17) is 0 Å². The normalized spacial score (nSPS) is 16.0. The summed E-state index contributed by atoms with van der Waals surface area (Å²) in [5.74, 6) is 0. The van der Waals surface area contributed by atoms with Gasteiger partial charge in [-0.3, -0.25) is 9.80 Å². The van der Waals surface area contributed by atoms with E-state index in [2.05, 4.69) is 167 Å². The molecule has 0 aliphatic carbocycles. The highest BCUT2D eigenvalue weighted by atomic mass is 79.9. The number of nitrogens with zero attached hydrogens (tertiary/aromatic N) is 2. The molecule has 6 bridgehead atoms. The van der Waals surface area contributed by atoms with E-state index in [1.807, 2.05) is 0 Å². The van der Waals surface area contributed by atoms with E-state index in [0.717, 1.165) is 26.2 Å². The van der Waals surface area contributed by atoms with Gasteiger partial charge in [-0.05, 0) is 57.1 Å². The molecule has 0 radical (unpaired) electrons. The second-order valence-electron chi connectivity index (χ2n) is 11.1. The van der Waals surface area contributed by atoms with E-state index in [1.165, 1.54) is 47.5 Å². The maximum atomic E-state index is 3.93. The van der Waals surface area contributed by atoms with Gasteiger partial charge in [0.25, 0.3) is 0 Å². The van der Waals surface area contributed by atoms with Crippen LogP contribution in [0.3, 0.4) is 0 Å². The van der Waals surface area contributed by atoms with Crippen LogP contribution in [0.15, 0.2) is 132 Å². The van der Waals surface area contributed by atoms with Crippen LogP contribution in [-0.4, -0.2) is 32.0 Å². The van der Waals surface area contributed by atoms with Crippen LogP contribution in [0.5, 0.6) is 0 Å². The summed E-state index contributed by atoms with van der Waals surface area (Å²) in [6, 6.07) is 48.0. The minimum Gasteiger partial charge on any atom is -0.298 e. The Bertz CT molecular complexity index is 1450. The molecule has 0 amide bonds. The molecule has 0 aromatic heterocycles. The van der Waals surface area contributed by atoms with Crippen LogP contribution in [0.2, 0.25) is 0 Å². The molecule has 0 saturated carbocycles. The Morgan fingerprint density at radius 1 is 0.450 bits per heavy atom. The molecule has 200 valence electrons. The third kappa shape index (κ3) is 5.25. The predicted octanol–water partition coefficient (Wildman–Crippen LogP) is 5.40. The molecule has 0 fully saturated rings. The lowest BCUT2D eigenvalue weighted by Crippen LogP contribution is -2.74. The molecular formula is C36H35BrN2Si. The third-order valence-corrected chi connectivity index (χ3v) is 13.9. The summed E-state index contributed by atoms with van der Waals surface area (Å²) in [7, 11) is 1.90. The zero-order valence-electron chi connectivity index (χ0n) is 23.2. The summed E-state index contributed by atoms with van der Waals surface area (Å²) in [5, 5.41) is 5.65. The zero-order valence-corrected chi connectivity index (χ0v) is 25.8. The van der Waals surface area contributed by atoms with E-state index >= 15 is 0 Å². The van der Waals surface area contributed by atoms with Crippen molar-refractivity contribution < 1.29 is 0 Å². The minimum atomic E-state index is -2.52. The Morgan fingerprint density at radius 2 is 0.825 bits per heavy atom. The van der Waals surface area contributed by atoms with Gasteiger partial charge in [0.1, 0.15) is 0 Å². The molecule has 5 aromatic carbocycles. The van der Waals surface area contributed by atoms with Gasteiger partial charge in [-0.15, -0.1) is 0 Å². The predicted molar refractivity (Wildman–Crippen MR) is 175 cm³/mol. The minimum absolute atomic E-state index is 0.896. The largest absolute Gasteiger partial charge is 0.298 e. The number of benzene rings is 5. The van der Waals surface area contributed by atoms with Crippen LogP contribution in [0.1, 0.15) is 22.3 Å². The molecule has 0 saturated heterocycles. The Balaban J connectivity index is 1.54. The van der Waals surface area contributed by atoms with Crippen LogP contribution in [0.4, 0.5) is 0 Å². The molecule has 5 aromatic rings. The van der Waals surface area contributed by atoms with Gasteiger partial charge in [0.15, 0.2) is 8.07 Å². The zero-order chi connectivity index (χ0) is 27.5. The van der Waals surface area contributed by atoms with Crippen molar-refractivity contribution >= 4 is 44.8 Å². The fourth-order valence-electron chi connectivity index (χ4n) is 6.29. The molecule has 0 atom stereocenters. The first-order chi connectivity index (χ1) is 19.5. The van der Waals surface area contributed by atoms with Crippen molar-refractivity contribution in [2.75, 3.05) is 14.1 Å². The van der Waals surface area contributed by atoms with Gasteiger partial charge in [0.05, 0.1) is 0 Å². The summed E-state index contributed by atoms with van der Waals surface area (Å²) in [6.45, 7) is 3.59. The van der Waals surface area contributed by atoms with Crippen molar-refractivity contribution in [1.82, 2.24) is 9.80 Å². The van der Waals surface area contributed by atoms with E-state index in [9.17, 15) is 0 Å².